The fraction of sp³-hybridized carbons (Fsp3) is 0.333. The van der Waals surface area contributed by atoms with E-state index in [1.165, 1.54) is 6.07 Å². The highest BCUT2D eigenvalue weighted by molar-refractivity contribution is 5.97. The van der Waals surface area contributed by atoms with Gasteiger partial charge in [0.25, 0.3) is 5.91 Å². The Morgan fingerprint density at radius 2 is 1.89 bits per heavy atom. The first kappa shape index (κ1) is 18.4. The van der Waals surface area contributed by atoms with Crippen molar-refractivity contribution in [3.8, 4) is 22.9 Å². The molecule has 1 amide bonds. The van der Waals surface area contributed by atoms with Gasteiger partial charge in [0.2, 0.25) is 11.7 Å². The molecule has 27 heavy (non-hydrogen) atoms. The molecule has 4 N–H and O–H groups in total. The van der Waals surface area contributed by atoms with Crippen LogP contribution in [0.3, 0.4) is 0 Å². The van der Waals surface area contributed by atoms with E-state index < -0.39 is 5.91 Å². The number of nitrogens with zero attached hydrogens (tertiary/aromatic N) is 3. The zero-order valence-corrected chi connectivity index (χ0v) is 15.2. The van der Waals surface area contributed by atoms with Crippen molar-refractivity contribution in [2.75, 3.05) is 0 Å². The number of carbonyl (C=O) groups excluding carboxylic acids is 1. The molecule has 0 bridgehead atoms. The number of phenolic OH excluding ortho intramolecular Hbond substituents is 2. The van der Waals surface area contributed by atoms with E-state index in [0.29, 0.717) is 30.1 Å². The van der Waals surface area contributed by atoms with Gasteiger partial charge in [-0.05, 0) is 29.5 Å². The van der Waals surface area contributed by atoms with E-state index >= 15 is 0 Å². The smallest absolute Gasteiger partial charge is 0.271 e. The van der Waals surface area contributed by atoms with Crippen molar-refractivity contribution in [3.63, 3.8) is 0 Å². The number of amides is 1. The number of phenols is 2. The molecule has 9 heteroatoms. The predicted molar refractivity (Wildman–Crippen MR) is 94.3 cm³/mol. The second-order valence-corrected chi connectivity index (χ2v) is 6.53. The molecule has 0 aliphatic heterocycles. The Bertz CT molecular complexity index is 990. The van der Waals surface area contributed by atoms with Gasteiger partial charge in [-0.25, -0.2) is 0 Å². The van der Waals surface area contributed by atoms with E-state index in [-0.39, 0.29) is 34.5 Å². The summed E-state index contributed by atoms with van der Waals surface area (Å²) < 4.78 is 10.2. The SMILES string of the molecule is Cc1nc(-c2c(C(N)=O)noc2CCc2cc(C(C)C)c(O)cc2O)no1. The minimum absolute atomic E-state index is 0.0245. The molecule has 0 aliphatic rings. The van der Waals surface area contributed by atoms with Crippen molar-refractivity contribution in [2.45, 2.75) is 39.5 Å². The summed E-state index contributed by atoms with van der Waals surface area (Å²) in [6.07, 6.45) is 0.683. The minimum atomic E-state index is -0.767. The van der Waals surface area contributed by atoms with Crippen molar-refractivity contribution >= 4 is 5.91 Å². The summed E-state index contributed by atoms with van der Waals surface area (Å²) in [5, 5.41) is 27.6. The molecule has 3 rings (SSSR count). The van der Waals surface area contributed by atoms with Gasteiger partial charge in [0.15, 0.2) is 5.69 Å². The molecule has 142 valence electrons. The maximum absolute atomic E-state index is 11.6. The van der Waals surface area contributed by atoms with Gasteiger partial charge in [-0.15, -0.1) is 0 Å². The Kier molecular flexibility index (Phi) is 4.85. The van der Waals surface area contributed by atoms with Crippen LogP contribution in [0.25, 0.3) is 11.4 Å². The van der Waals surface area contributed by atoms with Crippen LogP contribution >= 0.6 is 0 Å². The number of rotatable bonds is 6. The average molecular weight is 372 g/mol. The minimum Gasteiger partial charge on any atom is -0.508 e. The molecule has 2 aromatic heterocycles. The molecule has 1 aromatic carbocycles. The van der Waals surface area contributed by atoms with E-state index in [0.717, 1.165) is 5.56 Å². The van der Waals surface area contributed by atoms with Crippen LogP contribution in [0.15, 0.2) is 21.2 Å². The Hall–Kier alpha value is -3.36. The van der Waals surface area contributed by atoms with E-state index in [4.69, 9.17) is 14.8 Å². The lowest BCUT2D eigenvalue weighted by Gasteiger charge is -2.12. The molecule has 9 nitrogen and oxygen atoms in total. The molecule has 0 spiro atoms. The van der Waals surface area contributed by atoms with E-state index in [1.807, 2.05) is 13.8 Å². The first-order chi connectivity index (χ1) is 12.8. The normalized spacial score (nSPS) is 11.3. The molecule has 0 fully saturated rings. The fourth-order valence-electron chi connectivity index (χ4n) is 2.85. The maximum Gasteiger partial charge on any atom is 0.271 e. The van der Waals surface area contributed by atoms with Crippen LogP contribution in [0.2, 0.25) is 0 Å². The number of carbonyl (C=O) groups is 1. The number of aromatic hydroxyl groups is 2. The third-order valence-corrected chi connectivity index (χ3v) is 4.22. The number of primary amides is 1. The summed E-state index contributed by atoms with van der Waals surface area (Å²) in [5.41, 5.74) is 6.91. The predicted octanol–water partition coefficient (Wildman–Crippen LogP) is 2.45. The van der Waals surface area contributed by atoms with Crippen LogP contribution in [0.4, 0.5) is 0 Å². The number of aromatic nitrogens is 3. The summed E-state index contributed by atoms with van der Waals surface area (Å²) in [6.45, 7) is 5.51. The zero-order valence-electron chi connectivity index (χ0n) is 15.2. The van der Waals surface area contributed by atoms with Crippen molar-refractivity contribution in [1.29, 1.82) is 0 Å². The van der Waals surface area contributed by atoms with Crippen LogP contribution in [0.1, 0.15) is 53.0 Å². The number of hydrogen-bond donors (Lipinski definition) is 3. The zero-order chi connectivity index (χ0) is 19.7. The van der Waals surface area contributed by atoms with Crippen LogP contribution in [0, 0.1) is 6.92 Å². The largest absolute Gasteiger partial charge is 0.508 e. The second kappa shape index (κ2) is 7.10. The molecule has 3 aromatic rings. The van der Waals surface area contributed by atoms with Crippen molar-refractivity contribution in [3.05, 3.63) is 40.6 Å². The van der Waals surface area contributed by atoms with Gasteiger partial charge in [0, 0.05) is 19.4 Å². The number of aryl methyl sites for hydroxylation is 3. The van der Waals surface area contributed by atoms with Crippen molar-refractivity contribution in [1.82, 2.24) is 15.3 Å². The summed E-state index contributed by atoms with van der Waals surface area (Å²) in [4.78, 5) is 15.8. The van der Waals surface area contributed by atoms with Gasteiger partial charge in [-0.2, -0.15) is 4.98 Å². The standard InChI is InChI=1S/C18H20N4O5/c1-8(2)11-6-10(12(23)7-13(11)24)4-5-14-15(16(17(19)25)21-27-14)18-20-9(3)26-22-18/h6-8,23-24H,4-5H2,1-3H3,(H2,19,25). The van der Waals surface area contributed by atoms with Gasteiger partial charge >= 0.3 is 0 Å². The Labute approximate surface area is 154 Å². The monoisotopic (exact) mass is 372 g/mol. The molecule has 0 saturated carbocycles. The van der Waals surface area contributed by atoms with Crippen LogP contribution in [-0.2, 0) is 12.8 Å². The topological polar surface area (TPSA) is 148 Å². The summed E-state index contributed by atoms with van der Waals surface area (Å²) in [7, 11) is 0. The average Bonchev–Trinajstić information content (AvgIpc) is 3.19. The number of benzene rings is 1. The Morgan fingerprint density at radius 1 is 1.15 bits per heavy atom. The maximum atomic E-state index is 11.6. The van der Waals surface area contributed by atoms with Gasteiger partial charge in [0.1, 0.15) is 17.3 Å². The van der Waals surface area contributed by atoms with E-state index in [2.05, 4.69) is 15.3 Å². The highest BCUT2D eigenvalue weighted by Crippen LogP contribution is 2.33. The molecule has 0 atom stereocenters. The lowest BCUT2D eigenvalue weighted by molar-refractivity contribution is 0.0992. The molecule has 2 heterocycles. The molecule has 0 unspecified atom stereocenters. The van der Waals surface area contributed by atoms with Crippen LogP contribution in [-0.4, -0.2) is 31.4 Å². The quantitative estimate of drug-likeness (QED) is 0.597. The summed E-state index contributed by atoms with van der Waals surface area (Å²) >= 11 is 0. The molecule has 0 radical (unpaired) electrons. The first-order valence-corrected chi connectivity index (χ1v) is 8.41. The highest BCUT2D eigenvalue weighted by atomic mass is 16.5. The third kappa shape index (κ3) is 3.62. The van der Waals surface area contributed by atoms with E-state index in [1.54, 1.807) is 13.0 Å². The van der Waals surface area contributed by atoms with Gasteiger partial charge in [0.05, 0.1) is 5.56 Å². The van der Waals surface area contributed by atoms with Crippen LogP contribution < -0.4 is 5.73 Å². The van der Waals surface area contributed by atoms with Gasteiger partial charge in [-0.3, -0.25) is 4.79 Å². The van der Waals surface area contributed by atoms with Gasteiger partial charge in [-0.1, -0.05) is 24.2 Å². The number of nitrogens with two attached hydrogens (primary N) is 1. The third-order valence-electron chi connectivity index (χ3n) is 4.22. The molecule has 0 saturated heterocycles. The summed E-state index contributed by atoms with van der Waals surface area (Å²) in [6, 6.07) is 3.07. The van der Waals surface area contributed by atoms with Crippen molar-refractivity contribution in [2.24, 2.45) is 5.73 Å². The molecule has 0 aliphatic carbocycles. The van der Waals surface area contributed by atoms with Gasteiger partial charge < -0.3 is 25.0 Å². The number of hydrogen-bond acceptors (Lipinski definition) is 8. The first-order valence-electron chi connectivity index (χ1n) is 8.41. The summed E-state index contributed by atoms with van der Waals surface area (Å²) in [5.74, 6) is 0.184. The second-order valence-electron chi connectivity index (χ2n) is 6.53. The Morgan fingerprint density at radius 3 is 2.48 bits per heavy atom. The van der Waals surface area contributed by atoms with E-state index in [9.17, 15) is 15.0 Å². The molecular formula is C18H20N4O5. The lowest BCUT2D eigenvalue weighted by Crippen LogP contribution is -2.13. The lowest BCUT2D eigenvalue weighted by atomic mass is 9.96. The van der Waals surface area contributed by atoms with Crippen molar-refractivity contribution < 1.29 is 24.1 Å². The fourth-order valence-corrected chi connectivity index (χ4v) is 2.85. The molecular weight excluding hydrogens is 352 g/mol. The Balaban J connectivity index is 1.94. The highest BCUT2D eigenvalue weighted by Gasteiger charge is 2.25. The van der Waals surface area contributed by atoms with Crippen LogP contribution in [0.5, 0.6) is 11.5 Å².